The number of rotatable bonds is 7. The summed E-state index contributed by atoms with van der Waals surface area (Å²) in [6.45, 7) is 1.97. The maximum Gasteiger partial charge on any atom is 0.417 e. The Kier molecular flexibility index (Phi) is 5.97. The molecule has 1 N–H and O–H groups in total. The molecule has 6 nitrogen and oxygen atoms in total. The van der Waals surface area contributed by atoms with Crippen molar-refractivity contribution in [3.8, 4) is 5.75 Å². The Morgan fingerprint density at radius 1 is 1.15 bits per heavy atom. The summed E-state index contributed by atoms with van der Waals surface area (Å²) in [4.78, 5) is 28.8. The Morgan fingerprint density at radius 3 is 2.64 bits per heavy atom. The number of ether oxygens (including phenoxy) is 2. The Bertz CT molecular complexity index is 1230. The fraction of sp³-hybridized carbons (Fsp3) is 0.292. The zero-order chi connectivity index (χ0) is 23.8. The quantitative estimate of drug-likeness (QED) is 0.378. The molecule has 33 heavy (non-hydrogen) atoms. The molecule has 2 aromatic carbocycles. The minimum Gasteiger partial charge on any atom is -0.496 e. The number of esters is 1. The van der Waals surface area contributed by atoms with Crippen molar-refractivity contribution in [2.24, 2.45) is 11.8 Å². The fourth-order valence-corrected chi connectivity index (χ4v) is 3.84. The minimum atomic E-state index is -4.50. The first-order chi connectivity index (χ1) is 15.7. The van der Waals surface area contributed by atoms with E-state index < -0.39 is 23.6 Å². The molecule has 2 unspecified atom stereocenters. The molecule has 0 aliphatic heterocycles. The van der Waals surface area contributed by atoms with Gasteiger partial charge in [0.25, 0.3) is 0 Å². The Morgan fingerprint density at radius 2 is 1.94 bits per heavy atom. The number of carbonyl (C=O) groups is 2. The predicted octanol–water partition coefficient (Wildman–Crippen LogP) is 5.39. The Labute approximate surface area is 187 Å². The molecule has 0 radical (unpaired) electrons. The summed E-state index contributed by atoms with van der Waals surface area (Å²) in [5.41, 5.74) is 0.615. The molecule has 0 saturated heterocycles. The molecule has 1 aliphatic rings. The van der Waals surface area contributed by atoms with Gasteiger partial charge in [-0.05, 0) is 43.7 Å². The largest absolute Gasteiger partial charge is 0.496 e. The molecular formula is C24H21F3N2O4. The van der Waals surface area contributed by atoms with Gasteiger partial charge in [0.15, 0.2) is 5.78 Å². The van der Waals surface area contributed by atoms with Crippen molar-refractivity contribution < 1.29 is 32.2 Å². The number of fused-ring (bicyclic) bond motifs is 1. The minimum absolute atomic E-state index is 0.0208. The average Bonchev–Trinajstić information content (AvgIpc) is 3.59. The lowest BCUT2D eigenvalue weighted by Crippen LogP contribution is -2.12. The maximum absolute atomic E-state index is 13.4. The zero-order valence-electron chi connectivity index (χ0n) is 17.9. The molecule has 1 aliphatic carbocycles. The van der Waals surface area contributed by atoms with Crippen molar-refractivity contribution in [1.82, 2.24) is 4.98 Å². The first-order valence-corrected chi connectivity index (χ1v) is 10.4. The van der Waals surface area contributed by atoms with Crippen molar-refractivity contribution in [3.63, 3.8) is 0 Å². The van der Waals surface area contributed by atoms with Crippen LogP contribution in [0.4, 0.5) is 24.5 Å². The van der Waals surface area contributed by atoms with Gasteiger partial charge in [-0.25, -0.2) is 0 Å². The molecular weight excluding hydrogens is 437 g/mol. The van der Waals surface area contributed by atoms with Crippen LogP contribution in [0.3, 0.4) is 0 Å². The van der Waals surface area contributed by atoms with E-state index in [0.717, 1.165) is 6.07 Å². The van der Waals surface area contributed by atoms with E-state index >= 15 is 0 Å². The highest BCUT2D eigenvalue weighted by Gasteiger charge is 2.49. The van der Waals surface area contributed by atoms with Crippen LogP contribution in [-0.4, -0.2) is 30.5 Å². The van der Waals surface area contributed by atoms with Crippen molar-refractivity contribution in [3.05, 3.63) is 59.8 Å². The summed E-state index contributed by atoms with van der Waals surface area (Å²) in [5, 5.41) is 3.04. The van der Waals surface area contributed by atoms with Crippen molar-refractivity contribution in [2.45, 2.75) is 19.5 Å². The topological polar surface area (TPSA) is 77.5 Å². The molecule has 172 valence electrons. The van der Waals surface area contributed by atoms with Gasteiger partial charge < -0.3 is 14.8 Å². The van der Waals surface area contributed by atoms with E-state index in [-0.39, 0.29) is 29.3 Å². The van der Waals surface area contributed by atoms with Crippen molar-refractivity contribution >= 4 is 34.0 Å². The van der Waals surface area contributed by atoms with E-state index in [1.165, 1.54) is 31.5 Å². The van der Waals surface area contributed by atoms with Crippen LogP contribution in [0.2, 0.25) is 0 Å². The van der Waals surface area contributed by atoms with Crippen LogP contribution >= 0.6 is 0 Å². The summed E-state index contributed by atoms with van der Waals surface area (Å²) in [6, 6.07) is 9.93. The standard InChI is InChI=1S/C24H21F3N2O4/c1-3-33-23(31)17-12-16(17)22(30)15-7-6-13(11-20(15)32-2)29-19-9-8-18(24(25,26)27)14-5-4-10-28-21(14)19/h4-11,16-17,29H,3,12H2,1-2H3. The molecule has 0 amide bonds. The second kappa shape index (κ2) is 8.73. The number of Topliss-reactive ketones (excluding diaryl/α,β-unsaturated/α-hetero) is 1. The lowest BCUT2D eigenvalue weighted by atomic mass is 10.0. The zero-order valence-corrected chi connectivity index (χ0v) is 17.9. The number of hydrogen-bond donors (Lipinski definition) is 1. The lowest BCUT2D eigenvalue weighted by molar-refractivity contribution is -0.145. The van der Waals surface area contributed by atoms with Crippen molar-refractivity contribution in [2.75, 3.05) is 19.0 Å². The highest BCUT2D eigenvalue weighted by molar-refractivity contribution is 6.05. The average molecular weight is 458 g/mol. The van der Waals surface area contributed by atoms with Crippen LogP contribution < -0.4 is 10.1 Å². The van der Waals surface area contributed by atoms with Crippen LogP contribution in [0.15, 0.2) is 48.7 Å². The number of nitrogens with one attached hydrogen (secondary N) is 1. The van der Waals surface area contributed by atoms with Gasteiger partial charge >= 0.3 is 12.1 Å². The van der Waals surface area contributed by atoms with Gasteiger partial charge in [0.2, 0.25) is 0 Å². The van der Waals surface area contributed by atoms with Crippen LogP contribution in [0.1, 0.15) is 29.3 Å². The number of methoxy groups -OCH3 is 1. The number of hydrogen-bond acceptors (Lipinski definition) is 6. The van der Waals surface area contributed by atoms with Gasteiger partial charge in [-0.2, -0.15) is 13.2 Å². The lowest BCUT2D eigenvalue weighted by Gasteiger charge is -2.15. The van der Waals surface area contributed by atoms with E-state index in [1.807, 2.05) is 0 Å². The third kappa shape index (κ3) is 4.48. The van der Waals surface area contributed by atoms with Crippen LogP contribution in [0.25, 0.3) is 10.9 Å². The van der Waals surface area contributed by atoms with E-state index in [0.29, 0.717) is 29.1 Å². The summed E-state index contributed by atoms with van der Waals surface area (Å²) < 4.78 is 50.4. The first kappa shape index (κ1) is 22.6. The number of anilines is 2. The molecule has 2 atom stereocenters. The summed E-state index contributed by atoms with van der Waals surface area (Å²) >= 11 is 0. The van der Waals surface area contributed by atoms with E-state index in [1.54, 1.807) is 25.1 Å². The molecule has 9 heteroatoms. The monoisotopic (exact) mass is 458 g/mol. The number of halogens is 3. The van der Waals surface area contributed by atoms with Gasteiger partial charge in [0.05, 0.1) is 42.0 Å². The van der Waals surface area contributed by atoms with E-state index in [9.17, 15) is 22.8 Å². The molecule has 1 saturated carbocycles. The highest BCUT2D eigenvalue weighted by Crippen LogP contribution is 2.44. The van der Waals surface area contributed by atoms with Gasteiger partial charge in [0, 0.05) is 29.3 Å². The maximum atomic E-state index is 13.4. The smallest absolute Gasteiger partial charge is 0.417 e. The third-order valence-corrected chi connectivity index (χ3v) is 5.54. The van der Waals surface area contributed by atoms with Gasteiger partial charge in [-0.1, -0.05) is 6.07 Å². The first-order valence-electron chi connectivity index (χ1n) is 10.4. The van der Waals surface area contributed by atoms with E-state index in [2.05, 4.69) is 10.3 Å². The molecule has 3 aromatic rings. The molecule has 0 bridgehead atoms. The van der Waals surface area contributed by atoms with Crippen LogP contribution in [0.5, 0.6) is 5.75 Å². The molecule has 1 heterocycles. The van der Waals surface area contributed by atoms with Crippen molar-refractivity contribution in [1.29, 1.82) is 0 Å². The number of pyridine rings is 1. The van der Waals surface area contributed by atoms with Gasteiger partial charge in [-0.15, -0.1) is 0 Å². The Balaban J connectivity index is 1.60. The van der Waals surface area contributed by atoms with Crippen LogP contribution in [0, 0.1) is 11.8 Å². The molecule has 4 rings (SSSR count). The van der Waals surface area contributed by atoms with Gasteiger partial charge in [0.1, 0.15) is 5.75 Å². The Hall–Kier alpha value is -3.62. The molecule has 0 spiro atoms. The number of nitrogens with zero attached hydrogens (tertiary/aromatic N) is 1. The fourth-order valence-electron chi connectivity index (χ4n) is 3.84. The summed E-state index contributed by atoms with van der Waals surface area (Å²) in [7, 11) is 1.42. The predicted molar refractivity (Wildman–Crippen MR) is 116 cm³/mol. The SMILES string of the molecule is CCOC(=O)C1CC1C(=O)c1ccc(Nc2ccc(C(F)(F)F)c3cccnc23)cc1OC. The number of alkyl halides is 3. The number of benzene rings is 2. The number of ketones is 1. The van der Waals surface area contributed by atoms with Gasteiger partial charge in [-0.3, -0.25) is 14.6 Å². The number of carbonyl (C=O) groups excluding carboxylic acids is 2. The third-order valence-electron chi connectivity index (χ3n) is 5.54. The van der Waals surface area contributed by atoms with Crippen LogP contribution in [-0.2, 0) is 15.7 Å². The second-order valence-electron chi connectivity index (χ2n) is 7.66. The molecule has 1 aromatic heterocycles. The second-order valence-corrected chi connectivity index (χ2v) is 7.66. The highest BCUT2D eigenvalue weighted by atomic mass is 19.4. The number of aromatic nitrogens is 1. The van der Waals surface area contributed by atoms with E-state index in [4.69, 9.17) is 9.47 Å². The normalized spacial score (nSPS) is 17.5. The molecule has 1 fully saturated rings. The summed E-state index contributed by atoms with van der Waals surface area (Å²) in [6.07, 6.45) is -2.65. The summed E-state index contributed by atoms with van der Waals surface area (Å²) in [5.74, 6) is -1.18.